The number of benzene rings is 2. The second-order valence-electron chi connectivity index (χ2n) is 5.70. The Balaban J connectivity index is 1.93. The average molecular weight is 353 g/mol. The van der Waals surface area contributed by atoms with Gasteiger partial charge in [0.2, 0.25) is 10.0 Å². The lowest BCUT2D eigenvalue weighted by atomic mass is 10.2. The standard InChI is InChI=1S/C17H17F2NO3S/c1-23-15-7-2-12(3-8-15)11-20(14-5-6-14)24(21,22)17-10-13(18)4-9-16(17)19/h2-4,7-10,14H,5-6,11H2,1H3. The Bertz CT molecular complexity index is 833. The van der Waals surface area contributed by atoms with Gasteiger partial charge in [0.25, 0.3) is 0 Å². The van der Waals surface area contributed by atoms with Crippen LogP contribution in [-0.2, 0) is 16.6 Å². The van der Waals surface area contributed by atoms with Gasteiger partial charge in [-0.25, -0.2) is 17.2 Å². The summed E-state index contributed by atoms with van der Waals surface area (Å²) in [4.78, 5) is -0.622. The molecule has 1 aliphatic carbocycles. The molecule has 128 valence electrons. The molecule has 2 aromatic carbocycles. The first-order chi connectivity index (χ1) is 11.4. The van der Waals surface area contributed by atoms with Crippen molar-refractivity contribution in [2.45, 2.75) is 30.3 Å². The quantitative estimate of drug-likeness (QED) is 0.800. The van der Waals surface area contributed by atoms with Crippen molar-refractivity contribution in [1.82, 2.24) is 4.31 Å². The number of nitrogens with zero attached hydrogens (tertiary/aromatic N) is 1. The number of hydrogen-bond acceptors (Lipinski definition) is 3. The Labute approximate surface area is 139 Å². The van der Waals surface area contributed by atoms with E-state index in [0.717, 1.165) is 23.8 Å². The van der Waals surface area contributed by atoms with E-state index in [1.807, 2.05) is 0 Å². The monoisotopic (exact) mass is 353 g/mol. The first-order valence-corrected chi connectivity index (χ1v) is 8.95. The third kappa shape index (κ3) is 3.42. The molecule has 0 heterocycles. The van der Waals surface area contributed by atoms with Gasteiger partial charge in [0, 0.05) is 12.6 Å². The Morgan fingerprint density at radius 1 is 1.12 bits per heavy atom. The fraction of sp³-hybridized carbons (Fsp3) is 0.294. The molecule has 1 fully saturated rings. The number of hydrogen-bond donors (Lipinski definition) is 0. The van der Waals surface area contributed by atoms with Crippen molar-refractivity contribution in [2.24, 2.45) is 0 Å². The van der Waals surface area contributed by atoms with Gasteiger partial charge in [-0.1, -0.05) is 12.1 Å². The molecule has 0 saturated heterocycles. The van der Waals surface area contributed by atoms with Crippen molar-refractivity contribution in [2.75, 3.05) is 7.11 Å². The highest BCUT2D eigenvalue weighted by Gasteiger charge is 2.39. The van der Waals surface area contributed by atoms with E-state index in [-0.39, 0.29) is 12.6 Å². The van der Waals surface area contributed by atoms with Crippen LogP contribution >= 0.6 is 0 Å². The average Bonchev–Trinajstić information content (AvgIpc) is 3.40. The Kier molecular flexibility index (Phi) is 4.56. The van der Waals surface area contributed by atoms with Crippen LogP contribution in [0.4, 0.5) is 8.78 Å². The van der Waals surface area contributed by atoms with E-state index in [1.165, 1.54) is 4.31 Å². The van der Waals surface area contributed by atoms with Crippen LogP contribution in [0.15, 0.2) is 47.4 Å². The topological polar surface area (TPSA) is 46.6 Å². The molecular weight excluding hydrogens is 336 g/mol. The number of ether oxygens (including phenoxy) is 1. The Morgan fingerprint density at radius 3 is 2.38 bits per heavy atom. The molecule has 1 aliphatic rings. The van der Waals surface area contributed by atoms with Gasteiger partial charge in [0.15, 0.2) is 0 Å². The van der Waals surface area contributed by atoms with Gasteiger partial charge >= 0.3 is 0 Å². The third-order valence-electron chi connectivity index (χ3n) is 3.93. The summed E-state index contributed by atoms with van der Waals surface area (Å²) < 4.78 is 59.3. The summed E-state index contributed by atoms with van der Waals surface area (Å²) in [6.07, 6.45) is 1.43. The summed E-state index contributed by atoms with van der Waals surface area (Å²) in [5, 5.41) is 0. The maximum atomic E-state index is 14.0. The van der Waals surface area contributed by atoms with Crippen molar-refractivity contribution >= 4 is 10.0 Å². The zero-order valence-electron chi connectivity index (χ0n) is 13.1. The van der Waals surface area contributed by atoms with Crippen molar-refractivity contribution in [3.05, 3.63) is 59.7 Å². The lowest BCUT2D eigenvalue weighted by Gasteiger charge is -2.22. The fourth-order valence-corrected chi connectivity index (χ4v) is 4.24. The fourth-order valence-electron chi connectivity index (χ4n) is 2.48. The van der Waals surface area contributed by atoms with Gasteiger partial charge in [-0.05, 0) is 48.7 Å². The molecule has 0 aromatic heterocycles. The maximum absolute atomic E-state index is 14.0. The summed E-state index contributed by atoms with van der Waals surface area (Å²) in [5.74, 6) is -1.07. The molecule has 0 amide bonds. The van der Waals surface area contributed by atoms with E-state index < -0.39 is 26.6 Å². The maximum Gasteiger partial charge on any atom is 0.246 e. The smallest absolute Gasteiger partial charge is 0.246 e. The van der Waals surface area contributed by atoms with Gasteiger partial charge in [0.05, 0.1) is 7.11 Å². The second kappa shape index (κ2) is 6.49. The number of halogens is 2. The summed E-state index contributed by atoms with van der Waals surface area (Å²) >= 11 is 0. The second-order valence-corrected chi connectivity index (χ2v) is 7.56. The molecule has 0 aliphatic heterocycles. The van der Waals surface area contributed by atoms with Crippen LogP contribution in [-0.4, -0.2) is 25.9 Å². The zero-order valence-corrected chi connectivity index (χ0v) is 13.9. The molecule has 2 aromatic rings. The molecule has 3 rings (SSSR count). The van der Waals surface area contributed by atoms with Gasteiger partial charge < -0.3 is 4.74 Å². The van der Waals surface area contributed by atoms with Crippen LogP contribution < -0.4 is 4.74 Å². The highest BCUT2D eigenvalue weighted by molar-refractivity contribution is 7.89. The highest BCUT2D eigenvalue weighted by Crippen LogP contribution is 2.34. The SMILES string of the molecule is COc1ccc(CN(C2CC2)S(=O)(=O)c2cc(F)ccc2F)cc1. The molecule has 0 unspecified atom stereocenters. The minimum Gasteiger partial charge on any atom is -0.497 e. The van der Waals surface area contributed by atoms with Gasteiger partial charge in [-0.15, -0.1) is 0 Å². The van der Waals surface area contributed by atoms with Crippen LogP contribution in [0.5, 0.6) is 5.75 Å². The first kappa shape index (κ1) is 16.9. The first-order valence-electron chi connectivity index (χ1n) is 7.51. The van der Waals surface area contributed by atoms with Gasteiger partial charge in [-0.3, -0.25) is 0 Å². The molecule has 4 nitrogen and oxygen atoms in total. The molecule has 0 radical (unpaired) electrons. The Morgan fingerprint density at radius 2 is 1.79 bits per heavy atom. The van der Waals surface area contributed by atoms with Crippen LogP contribution in [0.25, 0.3) is 0 Å². The molecule has 0 N–H and O–H groups in total. The minimum absolute atomic E-state index is 0.104. The predicted molar refractivity (Wildman–Crippen MR) is 85.1 cm³/mol. The number of methoxy groups -OCH3 is 1. The largest absolute Gasteiger partial charge is 0.497 e. The molecule has 7 heteroatoms. The van der Waals surface area contributed by atoms with E-state index in [4.69, 9.17) is 4.74 Å². The van der Waals surface area contributed by atoms with Crippen LogP contribution in [0.2, 0.25) is 0 Å². The number of sulfonamides is 1. The molecular formula is C17H17F2NO3S. The van der Waals surface area contributed by atoms with Gasteiger partial charge in [0.1, 0.15) is 22.3 Å². The van der Waals surface area contributed by atoms with Crippen LogP contribution in [0, 0.1) is 11.6 Å². The Hall–Kier alpha value is -1.99. The molecule has 0 bridgehead atoms. The lowest BCUT2D eigenvalue weighted by molar-refractivity contribution is 0.393. The van der Waals surface area contributed by atoms with E-state index in [1.54, 1.807) is 31.4 Å². The van der Waals surface area contributed by atoms with Crippen molar-refractivity contribution in [3.8, 4) is 5.75 Å². The van der Waals surface area contributed by atoms with Crippen molar-refractivity contribution in [3.63, 3.8) is 0 Å². The van der Waals surface area contributed by atoms with E-state index in [0.29, 0.717) is 18.6 Å². The normalized spacial score (nSPS) is 14.8. The van der Waals surface area contributed by atoms with Crippen molar-refractivity contribution < 1.29 is 21.9 Å². The predicted octanol–water partition coefficient (Wildman–Crippen LogP) is 3.33. The third-order valence-corrected chi connectivity index (χ3v) is 5.84. The molecule has 0 spiro atoms. The summed E-state index contributed by atoms with van der Waals surface area (Å²) in [7, 11) is -2.57. The van der Waals surface area contributed by atoms with E-state index in [2.05, 4.69) is 0 Å². The van der Waals surface area contributed by atoms with E-state index >= 15 is 0 Å². The molecule has 1 saturated carbocycles. The zero-order chi connectivity index (χ0) is 17.3. The van der Waals surface area contributed by atoms with Crippen LogP contribution in [0.1, 0.15) is 18.4 Å². The lowest BCUT2D eigenvalue weighted by Crippen LogP contribution is -2.33. The highest BCUT2D eigenvalue weighted by atomic mass is 32.2. The van der Waals surface area contributed by atoms with E-state index in [9.17, 15) is 17.2 Å². The molecule has 24 heavy (non-hydrogen) atoms. The molecule has 0 atom stereocenters. The van der Waals surface area contributed by atoms with Crippen LogP contribution in [0.3, 0.4) is 0 Å². The minimum atomic E-state index is -4.12. The summed E-state index contributed by atoms with van der Waals surface area (Å²) in [6.45, 7) is 0.104. The van der Waals surface area contributed by atoms with Crippen molar-refractivity contribution in [1.29, 1.82) is 0 Å². The summed E-state index contributed by atoms with van der Waals surface area (Å²) in [6, 6.07) is 9.26. The van der Waals surface area contributed by atoms with Gasteiger partial charge in [-0.2, -0.15) is 4.31 Å². The number of rotatable bonds is 6. The summed E-state index contributed by atoms with van der Waals surface area (Å²) in [5.41, 5.74) is 0.753.